The number of pyridine rings is 1. The van der Waals surface area contributed by atoms with Crippen LogP contribution in [-0.4, -0.2) is 39.1 Å². The molecule has 2 amide bonds. The van der Waals surface area contributed by atoms with Gasteiger partial charge in [-0.05, 0) is 12.0 Å². The van der Waals surface area contributed by atoms with Crippen LogP contribution in [0.5, 0.6) is 5.88 Å². The molecule has 27 heavy (non-hydrogen) atoms. The van der Waals surface area contributed by atoms with Crippen LogP contribution in [-0.2, 0) is 0 Å². The summed E-state index contributed by atoms with van der Waals surface area (Å²) in [4.78, 5) is 29.7. The third-order valence-electron chi connectivity index (χ3n) is 3.40. The van der Waals surface area contributed by atoms with Crippen molar-refractivity contribution in [3.05, 3.63) is 37.4 Å². The average Bonchev–Trinajstić information content (AvgIpc) is 3.05. The molecule has 9 heteroatoms. The Morgan fingerprint density at radius 1 is 1.33 bits per heavy atom. The molecule has 3 aromatic rings. The number of hydrogen-bond donors (Lipinski definition) is 2. The second-order valence-corrected chi connectivity index (χ2v) is 7.12. The first-order valence-corrected chi connectivity index (χ1v) is 9.24. The van der Waals surface area contributed by atoms with Gasteiger partial charge < -0.3 is 10.1 Å². The second kappa shape index (κ2) is 8.54. The van der Waals surface area contributed by atoms with Crippen LogP contribution in [0.15, 0.2) is 37.4 Å². The van der Waals surface area contributed by atoms with Gasteiger partial charge in [0.1, 0.15) is 16.7 Å². The molecule has 140 valence electrons. The van der Waals surface area contributed by atoms with Gasteiger partial charge in [0.2, 0.25) is 5.88 Å². The van der Waals surface area contributed by atoms with Crippen molar-refractivity contribution < 1.29 is 9.53 Å². The van der Waals surface area contributed by atoms with Crippen molar-refractivity contribution in [3.63, 3.8) is 0 Å². The molecule has 3 rings (SSSR count). The summed E-state index contributed by atoms with van der Waals surface area (Å²) in [6.07, 6.45) is 6.47. The Hall–Kier alpha value is -3.07. The van der Waals surface area contributed by atoms with Gasteiger partial charge in [-0.3, -0.25) is 5.32 Å². The van der Waals surface area contributed by atoms with Gasteiger partial charge >= 0.3 is 6.03 Å². The third-order valence-corrected chi connectivity index (χ3v) is 4.28. The van der Waals surface area contributed by atoms with Crippen LogP contribution in [0.4, 0.5) is 9.93 Å². The summed E-state index contributed by atoms with van der Waals surface area (Å²) in [5.74, 6) is 0.854. The predicted molar refractivity (Wildman–Crippen MR) is 106 cm³/mol. The number of nitrogens with zero attached hydrogens (tertiary/aromatic N) is 4. The summed E-state index contributed by atoms with van der Waals surface area (Å²) in [6, 6.07) is 1.53. The molecule has 0 aliphatic heterocycles. The fourth-order valence-electron chi connectivity index (χ4n) is 2.21. The molecule has 0 saturated heterocycles. The number of rotatable bonds is 7. The Balaban J connectivity index is 1.95. The number of urea groups is 1. The highest BCUT2D eigenvalue weighted by Gasteiger charge is 2.16. The lowest BCUT2D eigenvalue weighted by atomic mass is 10.1. The van der Waals surface area contributed by atoms with Crippen molar-refractivity contribution in [2.45, 2.75) is 13.8 Å². The molecule has 0 unspecified atom stereocenters. The highest BCUT2D eigenvalue weighted by atomic mass is 32.1. The summed E-state index contributed by atoms with van der Waals surface area (Å²) in [7, 11) is 0. The van der Waals surface area contributed by atoms with Crippen LogP contribution in [0.1, 0.15) is 13.8 Å². The van der Waals surface area contributed by atoms with Crippen LogP contribution >= 0.6 is 11.3 Å². The van der Waals surface area contributed by atoms with E-state index in [0.29, 0.717) is 40.4 Å². The van der Waals surface area contributed by atoms with Gasteiger partial charge in [-0.25, -0.2) is 24.7 Å². The molecule has 0 saturated carbocycles. The quantitative estimate of drug-likeness (QED) is 0.605. The fraction of sp³-hybridized carbons (Fsp3) is 0.278. The molecule has 8 nitrogen and oxygen atoms in total. The first-order valence-electron chi connectivity index (χ1n) is 8.42. The zero-order valence-corrected chi connectivity index (χ0v) is 15.9. The van der Waals surface area contributed by atoms with Crippen LogP contribution in [0.25, 0.3) is 21.5 Å². The molecule has 0 aromatic carbocycles. The SMILES string of the molecule is C=CCNC(=O)Nc1nc2cc(-c3cncnc3)c(OCC(C)C)nc2s1. The van der Waals surface area contributed by atoms with Crippen LogP contribution in [0.2, 0.25) is 0 Å². The van der Waals surface area contributed by atoms with E-state index in [9.17, 15) is 4.79 Å². The van der Waals surface area contributed by atoms with Crippen molar-refractivity contribution in [2.75, 3.05) is 18.5 Å². The van der Waals surface area contributed by atoms with Gasteiger partial charge in [-0.1, -0.05) is 31.3 Å². The lowest BCUT2D eigenvalue weighted by Crippen LogP contribution is -2.28. The number of fused-ring (bicyclic) bond motifs is 1. The second-order valence-electron chi connectivity index (χ2n) is 6.14. The minimum atomic E-state index is -0.345. The highest BCUT2D eigenvalue weighted by molar-refractivity contribution is 7.22. The highest BCUT2D eigenvalue weighted by Crippen LogP contribution is 2.34. The lowest BCUT2D eigenvalue weighted by molar-refractivity contribution is 0.253. The first kappa shape index (κ1) is 18.7. The van der Waals surface area contributed by atoms with E-state index >= 15 is 0 Å². The van der Waals surface area contributed by atoms with Gasteiger partial charge in [-0.15, -0.1) is 6.58 Å². The number of hydrogen-bond acceptors (Lipinski definition) is 7. The maximum Gasteiger partial charge on any atom is 0.321 e. The molecule has 3 aromatic heterocycles. The van der Waals surface area contributed by atoms with E-state index < -0.39 is 0 Å². The molecule has 0 spiro atoms. The van der Waals surface area contributed by atoms with Gasteiger partial charge in [0.15, 0.2) is 5.13 Å². The summed E-state index contributed by atoms with van der Waals surface area (Å²) < 4.78 is 5.91. The standard InChI is InChI=1S/C18H20N6O2S/c1-4-5-21-17(25)24-18-22-14-6-13(12-7-19-10-20-8-12)15(23-16(14)27-18)26-9-11(2)3/h4,6-8,10-11H,1,5,9H2,2-3H3,(H2,21,22,24,25). The number of carbonyl (C=O) groups excluding carboxylic acids is 1. The van der Waals surface area contributed by atoms with E-state index in [4.69, 9.17) is 4.74 Å². The van der Waals surface area contributed by atoms with E-state index in [0.717, 1.165) is 11.1 Å². The Morgan fingerprint density at radius 2 is 2.11 bits per heavy atom. The topological polar surface area (TPSA) is 102 Å². The number of anilines is 1. The molecule has 2 N–H and O–H groups in total. The van der Waals surface area contributed by atoms with E-state index in [1.165, 1.54) is 17.7 Å². The summed E-state index contributed by atoms with van der Waals surface area (Å²) in [6.45, 7) is 8.61. The molecule has 0 radical (unpaired) electrons. The number of aromatic nitrogens is 4. The Bertz CT molecular complexity index is 942. The number of thiazole rings is 1. The molecular weight excluding hydrogens is 364 g/mol. The van der Waals surface area contributed by atoms with Crippen molar-refractivity contribution in [2.24, 2.45) is 5.92 Å². The van der Waals surface area contributed by atoms with Gasteiger partial charge in [-0.2, -0.15) is 0 Å². The van der Waals surface area contributed by atoms with E-state index in [1.54, 1.807) is 18.5 Å². The van der Waals surface area contributed by atoms with Crippen molar-refractivity contribution in [3.8, 4) is 17.0 Å². The smallest absolute Gasteiger partial charge is 0.321 e. The zero-order valence-electron chi connectivity index (χ0n) is 15.1. The lowest BCUT2D eigenvalue weighted by Gasteiger charge is -2.11. The van der Waals surface area contributed by atoms with Crippen molar-refractivity contribution in [1.82, 2.24) is 25.3 Å². The van der Waals surface area contributed by atoms with E-state index in [2.05, 4.69) is 51.0 Å². The fourth-order valence-corrected chi connectivity index (χ4v) is 3.02. The maximum absolute atomic E-state index is 11.8. The molecule has 0 atom stereocenters. The number of ether oxygens (including phenoxy) is 1. The molecular formula is C18H20N6O2S. The number of carbonyl (C=O) groups is 1. The minimum Gasteiger partial charge on any atom is -0.477 e. The van der Waals surface area contributed by atoms with E-state index in [-0.39, 0.29) is 6.03 Å². The average molecular weight is 384 g/mol. The third kappa shape index (κ3) is 4.76. The largest absolute Gasteiger partial charge is 0.477 e. The van der Waals surface area contributed by atoms with Crippen molar-refractivity contribution in [1.29, 1.82) is 0 Å². The maximum atomic E-state index is 11.8. The minimum absolute atomic E-state index is 0.345. The monoisotopic (exact) mass is 384 g/mol. The Labute approximate surface area is 160 Å². The predicted octanol–water partition coefficient (Wildman–Crippen LogP) is 3.49. The molecule has 0 aliphatic carbocycles. The summed E-state index contributed by atoms with van der Waals surface area (Å²) >= 11 is 1.28. The van der Waals surface area contributed by atoms with Crippen molar-refractivity contribution >= 4 is 32.8 Å². The Morgan fingerprint density at radius 3 is 2.81 bits per heavy atom. The first-order chi connectivity index (χ1) is 13.1. The van der Waals surface area contributed by atoms with Gasteiger partial charge in [0.05, 0.1) is 6.61 Å². The van der Waals surface area contributed by atoms with Crippen LogP contribution in [0.3, 0.4) is 0 Å². The molecule has 0 aliphatic rings. The number of nitrogens with one attached hydrogen (secondary N) is 2. The van der Waals surface area contributed by atoms with Crippen LogP contribution in [0, 0.1) is 5.92 Å². The number of amides is 2. The normalized spacial score (nSPS) is 10.8. The molecule has 0 bridgehead atoms. The Kier molecular flexibility index (Phi) is 5.92. The molecule has 0 fully saturated rings. The summed E-state index contributed by atoms with van der Waals surface area (Å²) in [5.41, 5.74) is 2.21. The van der Waals surface area contributed by atoms with Gasteiger partial charge in [0.25, 0.3) is 0 Å². The molecule has 3 heterocycles. The van der Waals surface area contributed by atoms with Crippen LogP contribution < -0.4 is 15.4 Å². The zero-order chi connectivity index (χ0) is 19.2. The van der Waals surface area contributed by atoms with E-state index in [1.807, 2.05) is 6.07 Å². The van der Waals surface area contributed by atoms with Gasteiger partial charge in [0, 0.05) is 30.1 Å². The summed E-state index contributed by atoms with van der Waals surface area (Å²) in [5, 5.41) is 5.80.